The summed E-state index contributed by atoms with van der Waals surface area (Å²) in [6, 6.07) is 0. The van der Waals surface area contributed by atoms with E-state index < -0.39 is 0 Å². The quantitative estimate of drug-likeness (QED) is 0.315. The van der Waals surface area contributed by atoms with E-state index in [1.54, 1.807) is 0 Å². The van der Waals surface area contributed by atoms with Crippen molar-refractivity contribution in [2.45, 2.75) is 6.42 Å². The Kier molecular flexibility index (Phi) is 0.473. The van der Waals surface area contributed by atoms with Crippen molar-refractivity contribution >= 4 is 5.97 Å². The van der Waals surface area contributed by atoms with Gasteiger partial charge in [-0.15, -0.1) is 0 Å². The van der Waals surface area contributed by atoms with Crippen LogP contribution < -0.4 is 0 Å². The minimum absolute atomic E-state index is 0.167. The van der Waals surface area contributed by atoms with Crippen LogP contribution in [0.5, 0.6) is 0 Å². The van der Waals surface area contributed by atoms with E-state index in [9.17, 15) is 4.79 Å². The second-order valence-electron chi connectivity index (χ2n) is 1.19. The summed E-state index contributed by atoms with van der Waals surface area (Å²) in [6.45, 7) is 3.37. The molecule has 0 N–H and O–H groups in total. The molecule has 0 radical (unpaired) electrons. The van der Waals surface area contributed by atoms with Crippen molar-refractivity contribution in [2.75, 3.05) is 0 Å². The lowest BCUT2D eigenvalue weighted by atomic mass is 10.5. The van der Waals surface area contributed by atoms with Crippen LogP contribution in [-0.4, -0.2) is 5.97 Å². The Hall–Kier alpha value is -0.790. The fourth-order valence-corrected chi connectivity index (χ4v) is 0.314. The Morgan fingerprint density at radius 3 is 2.33 bits per heavy atom. The van der Waals surface area contributed by atoms with Gasteiger partial charge in [-0.25, -0.2) is 0 Å². The van der Waals surface area contributed by atoms with Gasteiger partial charge >= 0.3 is 5.97 Å². The number of esters is 1. The van der Waals surface area contributed by atoms with Gasteiger partial charge in [-0.3, -0.25) is 4.79 Å². The Bertz CT molecular complexity index is 82.1. The minimum atomic E-state index is -0.167. The third-order valence-corrected chi connectivity index (χ3v) is 0.600. The molecule has 0 spiro atoms. The molecule has 0 aromatic rings. The summed E-state index contributed by atoms with van der Waals surface area (Å²) in [5.74, 6) is 0.417. The Morgan fingerprint density at radius 2 is 2.33 bits per heavy atom. The summed E-state index contributed by atoms with van der Waals surface area (Å²) in [6.07, 6.45) is 0.417. The monoisotopic (exact) mass is 85.0 g/mol. The molecular weight excluding hydrogens is 81.0 g/mol. The highest BCUT2D eigenvalue weighted by atomic mass is 16.6. The molecule has 1 rings (SSSR count). The third-order valence-electron chi connectivity index (χ3n) is 0.600. The summed E-state index contributed by atoms with van der Waals surface area (Å²) < 4.78 is 4.31. The Morgan fingerprint density at radius 1 is 1.83 bits per heavy atom. The number of ether oxygens (including phenoxy) is 1. The van der Waals surface area contributed by atoms with E-state index in [0.717, 1.165) is 0 Å². The van der Waals surface area contributed by atoms with Crippen LogP contribution in [0.2, 0.25) is 0 Å². The molecule has 32 valence electrons. The summed E-state index contributed by atoms with van der Waals surface area (Å²) >= 11 is 0. The summed E-state index contributed by atoms with van der Waals surface area (Å²) in [7, 11) is 0. The summed E-state index contributed by atoms with van der Waals surface area (Å²) in [5, 5.41) is 0. The van der Waals surface area contributed by atoms with Crippen LogP contribution in [0.25, 0.3) is 0 Å². The van der Waals surface area contributed by atoms with Crippen molar-refractivity contribution in [1.29, 1.82) is 0 Å². The topological polar surface area (TPSA) is 26.3 Å². The van der Waals surface area contributed by atoms with Crippen molar-refractivity contribution in [3.63, 3.8) is 0 Å². The Labute approximate surface area is 35.4 Å². The molecule has 0 atom stereocenters. The number of carbonyl (C=O) groups is 1. The molecule has 1 heterocycles. The molecule has 2 nitrogen and oxygen atoms in total. The number of cyclic esters (lactones) is 1. The second kappa shape index (κ2) is 0.834. The molecule has 0 aromatic carbocycles. The summed E-state index contributed by atoms with van der Waals surface area (Å²) in [5.41, 5.74) is 0. The van der Waals surface area contributed by atoms with Gasteiger partial charge in [-0.1, -0.05) is 6.58 Å². The highest BCUT2D eigenvalue weighted by Crippen LogP contribution is 2.13. The first-order chi connectivity index (χ1) is 2.79. The molecular formula is C4H4O2. The second-order valence-corrected chi connectivity index (χ2v) is 1.19. The van der Waals surface area contributed by atoms with Crippen LogP contribution in [0.3, 0.4) is 0 Å². The van der Waals surface area contributed by atoms with E-state index in [2.05, 4.69) is 11.3 Å². The number of rotatable bonds is 0. The number of hydrogen-bond donors (Lipinski definition) is 0. The predicted octanol–water partition coefficient (Wildman–Crippen LogP) is 0.447. The fraction of sp³-hybridized carbons (Fsp3) is 0.250. The zero-order valence-corrected chi connectivity index (χ0v) is 3.23. The third kappa shape index (κ3) is 0.302. The van der Waals surface area contributed by atoms with E-state index in [1.807, 2.05) is 0 Å². The van der Waals surface area contributed by atoms with E-state index >= 15 is 0 Å². The van der Waals surface area contributed by atoms with Gasteiger partial charge in [0.2, 0.25) is 0 Å². The average Bonchev–Trinajstić information content (AvgIpc) is 1.33. The standard InChI is InChI=1S/C4H4O2/c1-3-2-4(5)6-3/h1-2H2/i4+1. The minimum Gasteiger partial charge on any atom is -0.431 e. The molecule has 1 aliphatic heterocycles. The fourth-order valence-electron chi connectivity index (χ4n) is 0.314. The predicted molar refractivity (Wildman–Crippen MR) is 19.8 cm³/mol. The number of carbonyl (C=O) groups excluding carboxylic acids is 1. The van der Waals surface area contributed by atoms with Crippen LogP contribution in [-0.2, 0) is 9.53 Å². The van der Waals surface area contributed by atoms with E-state index in [1.165, 1.54) is 0 Å². The van der Waals surface area contributed by atoms with Gasteiger partial charge in [0.15, 0.2) is 0 Å². The molecule has 0 saturated carbocycles. The molecule has 0 bridgehead atoms. The lowest BCUT2D eigenvalue weighted by molar-refractivity contribution is -0.148. The van der Waals surface area contributed by atoms with Crippen LogP contribution >= 0.6 is 0 Å². The highest BCUT2D eigenvalue weighted by molar-refractivity contribution is 5.79. The van der Waals surface area contributed by atoms with E-state index in [0.29, 0.717) is 12.2 Å². The maximum absolute atomic E-state index is 9.83. The van der Waals surface area contributed by atoms with Gasteiger partial charge in [0, 0.05) is 0 Å². The first-order valence-electron chi connectivity index (χ1n) is 1.67. The smallest absolute Gasteiger partial charge is 0.318 e. The average molecular weight is 85.1 g/mol. The maximum atomic E-state index is 9.83. The zero-order chi connectivity index (χ0) is 4.57. The molecule has 6 heavy (non-hydrogen) atoms. The Balaban J connectivity index is 2.47. The first kappa shape index (κ1) is 3.40. The molecule has 0 amide bonds. The van der Waals surface area contributed by atoms with Gasteiger partial charge < -0.3 is 4.74 Å². The first-order valence-corrected chi connectivity index (χ1v) is 1.67. The zero-order valence-electron chi connectivity index (χ0n) is 3.23. The van der Waals surface area contributed by atoms with Crippen molar-refractivity contribution in [3.05, 3.63) is 12.3 Å². The maximum Gasteiger partial charge on any atom is 0.318 e. The van der Waals surface area contributed by atoms with Crippen molar-refractivity contribution in [3.8, 4) is 0 Å². The highest BCUT2D eigenvalue weighted by Gasteiger charge is 2.17. The molecule has 2 heteroatoms. The SMILES string of the molecule is C=C1C[13C](=O)O1. The lowest BCUT2D eigenvalue weighted by Crippen LogP contribution is -2.15. The molecule has 0 aliphatic carbocycles. The van der Waals surface area contributed by atoms with Crippen molar-refractivity contribution in [1.82, 2.24) is 0 Å². The van der Waals surface area contributed by atoms with Crippen LogP contribution in [0.4, 0.5) is 0 Å². The molecule has 1 saturated heterocycles. The van der Waals surface area contributed by atoms with Gasteiger partial charge in [-0.05, 0) is 0 Å². The van der Waals surface area contributed by atoms with Crippen molar-refractivity contribution < 1.29 is 9.53 Å². The largest absolute Gasteiger partial charge is 0.431 e. The molecule has 0 unspecified atom stereocenters. The van der Waals surface area contributed by atoms with Crippen LogP contribution in [0, 0.1) is 0 Å². The van der Waals surface area contributed by atoms with Gasteiger partial charge in [0.05, 0.1) is 0 Å². The number of hydrogen-bond acceptors (Lipinski definition) is 2. The van der Waals surface area contributed by atoms with Gasteiger partial charge in [0.25, 0.3) is 0 Å². The normalized spacial score (nSPS) is 19.3. The van der Waals surface area contributed by atoms with Gasteiger partial charge in [0.1, 0.15) is 12.2 Å². The van der Waals surface area contributed by atoms with E-state index in [-0.39, 0.29) is 5.97 Å². The van der Waals surface area contributed by atoms with Gasteiger partial charge in [-0.2, -0.15) is 0 Å². The lowest BCUT2D eigenvalue weighted by Gasteiger charge is -2.12. The van der Waals surface area contributed by atoms with Crippen LogP contribution in [0.1, 0.15) is 6.42 Å². The molecule has 1 aliphatic rings. The summed E-state index contributed by atoms with van der Waals surface area (Å²) in [4.78, 5) is 9.83. The van der Waals surface area contributed by atoms with E-state index in [4.69, 9.17) is 0 Å². The van der Waals surface area contributed by atoms with Crippen LogP contribution in [0.15, 0.2) is 12.3 Å². The molecule has 1 fully saturated rings. The van der Waals surface area contributed by atoms with Crippen molar-refractivity contribution in [2.24, 2.45) is 0 Å². The molecule has 0 aromatic heterocycles.